The number of hydrogen-bond acceptors (Lipinski definition) is 7. The highest BCUT2D eigenvalue weighted by molar-refractivity contribution is 6.09. The lowest BCUT2D eigenvalue weighted by molar-refractivity contribution is -0.158. The standard InChI is InChI=1S/C37H38F2N4O7/c1-24(2)29-20-28(49-3)15-14-26(29)18-19-40-35(47)37(38,39)32(44)21-41-33(45)22-43-31(27-12-8-5-9-13-27)17-16-30(34(43)46)42-36(48)50-23-25-10-6-4-7-11-25/h4-17,20,24H,18-19,21-23H2,1-3H3,(H,40,47)(H,41,45)(H,42,48). The van der Waals surface area contributed by atoms with Crippen molar-refractivity contribution < 1.29 is 37.4 Å². The molecule has 0 saturated carbocycles. The quantitative estimate of drug-likeness (QED) is 0.148. The first-order chi connectivity index (χ1) is 23.9. The molecule has 4 rings (SSSR count). The number of rotatable bonds is 15. The van der Waals surface area contributed by atoms with E-state index in [1.807, 2.05) is 26.0 Å². The van der Waals surface area contributed by atoms with Gasteiger partial charge in [-0.25, -0.2) is 4.79 Å². The van der Waals surface area contributed by atoms with E-state index in [1.54, 1.807) is 66.7 Å². The van der Waals surface area contributed by atoms with Crippen LogP contribution in [0, 0.1) is 0 Å². The number of halogens is 2. The van der Waals surface area contributed by atoms with Gasteiger partial charge in [-0.3, -0.25) is 29.1 Å². The van der Waals surface area contributed by atoms with Gasteiger partial charge < -0.3 is 20.1 Å². The van der Waals surface area contributed by atoms with E-state index in [2.05, 4.69) is 16.0 Å². The minimum atomic E-state index is -4.43. The molecule has 0 fully saturated rings. The molecule has 0 bridgehead atoms. The largest absolute Gasteiger partial charge is 0.497 e. The summed E-state index contributed by atoms with van der Waals surface area (Å²) < 4.78 is 41.0. The van der Waals surface area contributed by atoms with E-state index in [1.165, 1.54) is 19.2 Å². The molecule has 50 heavy (non-hydrogen) atoms. The molecule has 1 heterocycles. The van der Waals surface area contributed by atoms with Crippen LogP contribution in [-0.4, -0.2) is 54.4 Å². The number of pyridine rings is 1. The van der Waals surface area contributed by atoms with Crippen molar-refractivity contribution in [1.82, 2.24) is 15.2 Å². The summed E-state index contributed by atoms with van der Waals surface area (Å²) in [6, 6.07) is 25.6. The van der Waals surface area contributed by atoms with Crippen LogP contribution in [0.4, 0.5) is 19.3 Å². The van der Waals surface area contributed by atoms with Gasteiger partial charge in [0.25, 0.3) is 11.5 Å². The molecule has 0 saturated heterocycles. The summed E-state index contributed by atoms with van der Waals surface area (Å²) in [5.74, 6) is -8.25. The van der Waals surface area contributed by atoms with Crippen molar-refractivity contribution in [3.05, 3.63) is 118 Å². The van der Waals surface area contributed by atoms with Crippen LogP contribution in [0.2, 0.25) is 0 Å². The number of ether oxygens (including phenoxy) is 2. The number of amides is 3. The van der Waals surface area contributed by atoms with Gasteiger partial charge in [0, 0.05) is 6.54 Å². The summed E-state index contributed by atoms with van der Waals surface area (Å²) in [5, 5.41) is 6.55. The second-order valence-electron chi connectivity index (χ2n) is 11.6. The molecule has 0 unspecified atom stereocenters. The molecule has 0 atom stereocenters. The Labute approximate surface area is 287 Å². The van der Waals surface area contributed by atoms with Crippen LogP contribution in [0.3, 0.4) is 0 Å². The minimum absolute atomic E-state index is 0.0518. The summed E-state index contributed by atoms with van der Waals surface area (Å²) in [6.45, 7) is 1.86. The normalized spacial score (nSPS) is 11.1. The molecule has 0 radical (unpaired) electrons. The molecule has 11 nitrogen and oxygen atoms in total. The summed E-state index contributed by atoms with van der Waals surface area (Å²) in [7, 11) is 1.53. The molecule has 4 aromatic rings. The molecule has 0 aliphatic carbocycles. The first-order valence-corrected chi connectivity index (χ1v) is 15.8. The van der Waals surface area contributed by atoms with E-state index in [4.69, 9.17) is 9.47 Å². The number of carbonyl (C=O) groups is 4. The zero-order valence-corrected chi connectivity index (χ0v) is 27.8. The van der Waals surface area contributed by atoms with Crippen LogP contribution in [0.15, 0.2) is 95.8 Å². The first kappa shape index (κ1) is 37.0. The van der Waals surface area contributed by atoms with Gasteiger partial charge in [-0.15, -0.1) is 0 Å². The van der Waals surface area contributed by atoms with Gasteiger partial charge in [0.05, 0.1) is 19.3 Å². The number of hydrogen-bond donors (Lipinski definition) is 3. The van der Waals surface area contributed by atoms with Crippen molar-refractivity contribution in [2.45, 2.75) is 45.3 Å². The number of nitrogens with one attached hydrogen (secondary N) is 3. The predicted octanol–water partition coefficient (Wildman–Crippen LogP) is 5.08. The second-order valence-corrected chi connectivity index (χ2v) is 11.6. The number of ketones is 1. The van der Waals surface area contributed by atoms with Gasteiger partial charge in [0.15, 0.2) is 0 Å². The Kier molecular flexibility index (Phi) is 12.6. The maximum atomic E-state index is 14.8. The van der Waals surface area contributed by atoms with E-state index in [0.717, 1.165) is 21.3 Å². The molecule has 0 spiro atoms. The van der Waals surface area contributed by atoms with Crippen molar-refractivity contribution in [2.24, 2.45) is 0 Å². The predicted molar refractivity (Wildman–Crippen MR) is 183 cm³/mol. The number of nitrogens with zero attached hydrogens (tertiary/aromatic N) is 1. The SMILES string of the molecule is COc1ccc(CCNC(=O)C(F)(F)C(=O)CNC(=O)Cn2c(-c3ccccc3)ccc(NC(=O)OCc3ccccc3)c2=O)c(C(C)C)c1. The highest BCUT2D eigenvalue weighted by Crippen LogP contribution is 2.25. The van der Waals surface area contributed by atoms with E-state index in [9.17, 15) is 32.8 Å². The molecule has 1 aromatic heterocycles. The monoisotopic (exact) mass is 688 g/mol. The third kappa shape index (κ3) is 9.62. The van der Waals surface area contributed by atoms with Crippen LogP contribution in [0.25, 0.3) is 11.3 Å². The zero-order chi connectivity index (χ0) is 36.3. The Morgan fingerprint density at radius 2 is 1.56 bits per heavy atom. The van der Waals surface area contributed by atoms with E-state index >= 15 is 0 Å². The van der Waals surface area contributed by atoms with Crippen molar-refractivity contribution in [2.75, 3.05) is 25.5 Å². The average Bonchev–Trinajstić information content (AvgIpc) is 3.12. The highest BCUT2D eigenvalue weighted by Gasteiger charge is 2.46. The minimum Gasteiger partial charge on any atom is -0.497 e. The second kappa shape index (κ2) is 17.0. The number of Topliss-reactive ketones (excluding diaryl/α,β-unsaturated/α-hetero) is 1. The number of carbonyl (C=O) groups excluding carboxylic acids is 4. The Hall–Kier alpha value is -5.85. The van der Waals surface area contributed by atoms with Crippen LogP contribution in [-0.2, 0) is 38.7 Å². The Bertz CT molecular complexity index is 1880. The fourth-order valence-electron chi connectivity index (χ4n) is 5.06. The van der Waals surface area contributed by atoms with Crippen LogP contribution in [0.1, 0.15) is 36.5 Å². The maximum absolute atomic E-state index is 14.8. The zero-order valence-electron chi connectivity index (χ0n) is 27.8. The number of alkyl halides is 2. The highest BCUT2D eigenvalue weighted by atomic mass is 19.3. The number of benzene rings is 3. The molecular weight excluding hydrogens is 650 g/mol. The van der Waals surface area contributed by atoms with Crippen molar-refractivity contribution in [1.29, 1.82) is 0 Å². The number of aromatic nitrogens is 1. The molecule has 262 valence electrons. The summed E-state index contributed by atoms with van der Waals surface area (Å²) >= 11 is 0. The third-order valence-corrected chi connectivity index (χ3v) is 7.73. The average molecular weight is 689 g/mol. The van der Waals surface area contributed by atoms with Gasteiger partial charge in [0.2, 0.25) is 11.7 Å². The lowest BCUT2D eigenvalue weighted by Crippen LogP contribution is -2.50. The van der Waals surface area contributed by atoms with Crippen molar-refractivity contribution >= 4 is 29.4 Å². The number of methoxy groups -OCH3 is 1. The van der Waals surface area contributed by atoms with Crippen LogP contribution in [0.5, 0.6) is 5.75 Å². The molecule has 0 aliphatic heterocycles. The summed E-state index contributed by atoms with van der Waals surface area (Å²) in [6.07, 6.45) is -0.675. The van der Waals surface area contributed by atoms with Gasteiger partial charge >= 0.3 is 12.0 Å². The van der Waals surface area contributed by atoms with Crippen molar-refractivity contribution in [3.63, 3.8) is 0 Å². The molecule has 0 aliphatic rings. The topological polar surface area (TPSA) is 145 Å². The van der Waals surface area contributed by atoms with Gasteiger partial charge in [-0.1, -0.05) is 80.6 Å². The number of anilines is 1. The smallest absolute Gasteiger partial charge is 0.412 e. The maximum Gasteiger partial charge on any atom is 0.412 e. The third-order valence-electron chi connectivity index (χ3n) is 7.73. The van der Waals surface area contributed by atoms with Gasteiger partial charge in [-0.05, 0) is 58.9 Å². The molecular formula is C37H38F2N4O7. The van der Waals surface area contributed by atoms with Gasteiger partial charge in [-0.2, -0.15) is 8.78 Å². The Morgan fingerprint density at radius 3 is 2.22 bits per heavy atom. The van der Waals surface area contributed by atoms with E-state index in [-0.39, 0.29) is 36.9 Å². The Morgan fingerprint density at radius 1 is 0.880 bits per heavy atom. The fraction of sp³-hybridized carbons (Fsp3) is 0.270. The molecule has 3 aromatic carbocycles. The van der Waals surface area contributed by atoms with Crippen molar-refractivity contribution in [3.8, 4) is 17.0 Å². The van der Waals surface area contributed by atoms with Gasteiger partial charge in [0.1, 0.15) is 24.6 Å². The lowest BCUT2D eigenvalue weighted by atomic mass is 9.95. The Balaban J connectivity index is 1.39. The molecule has 3 amide bonds. The molecule has 3 N–H and O–H groups in total. The summed E-state index contributed by atoms with van der Waals surface area (Å²) in [5.41, 5.74) is 2.33. The van der Waals surface area contributed by atoms with Crippen LogP contribution < -0.4 is 26.2 Å². The van der Waals surface area contributed by atoms with Crippen LogP contribution >= 0.6 is 0 Å². The molecule has 13 heteroatoms. The van der Waals surface area contributed by atoms with E-state index < -0.39 is 48.3 Å². The summed E-state index contributed by atoms with van der Waals surface area (Å²) in [4.78, 5) is 63.6. The first-order valence-electron chi connectivity index (χ1n) is 15.8. The fourth-order valence-corrected chi connectivity index (χ4v) is 5.06. The van der Waals surface area contributed by atoms with E-state index in [0.29, 0.717) is 11.3 Å². The lowest BCUT2D eigenvalue weighted by Gasteiger charge is -2.18.